The lowest BCUT2D eigenvalue weighted by Gasteiger charge is -2.19. The molecule has 2 amide bonds. The van der Waals surface area contributed by atoms with Gasteiger partial charge in [-0.1, -0.05) is 55.0 Å². The van der Waals surface area contributed by atoms with Crippen LogP contribution in [0.5, 0.6) is 0 Å². The number of anilines is 1. The van der Waals surface area contributed by atoms with E-state index in [1.165, 1.54) is 23.5 Å². The molecule has 0 atom stereocenters. The van der Waals surface area contributed by atoms with Crippen molar-refractivity contribution in [2.45, 2.75) is 70.3 Å². The maximum Gasteiger partial charge on any atom is 0.421 e. The third-order valence-corrected chi connectivity index (χ3v) is 7.78. The van der Waals surface area contributed by atoms with Gasteiger partial charge in [-0.05, 0) is 70.2 Å². The Morgan fingerprint density at radius 2 is 1.65 bits per heavy atom. The Labute approximate surface area is 239 Å². The number of carbonyl (C=O) groups excluding carboxylic acids is 2. The minimum absolute atomic E-state index is 0.107. The summed E-state index contributed by atoms with van der Waals surface area (Å²) in [7, 11) is -4.11. The Morgan fingerprint density at radius 1 is 0.950 bits per heavy atom. The summed E-state index contributed by atoms with van der Waals surface area (Å²) >= 11 is 1.17. The first-order valence-electron chi connectivity index (χ1n) is 13.2. The van der Waals surface area contributed by atoms with Crippen LogP contribution in [0, 0.1) is 0 Å². The number of sulfonamides is 1. The fourth-order valence-corrected chi connectivity index (χ4v) is 5.24. The molecular formula is C28H36N4O6S2. The van der Waals surface area contributed by atoms with E-state index >= 15 is 0 Å². The molecule has 0 unspecified atom stereocenters. The third-order valence-electron chi connectivity index (χ3n) is 5.56. The number of nitrogens with one attached hydrogen (secondary N) is 2. The number of hydrogen-bond donors (Lipinski definition) is 2. The lowest BCUT2D eigenvalue weighted by molar-refractivity contribution is 0.0570. The van der Waals surface area contributed by atoms with Gasteiger partial charge in [0, 0.05) is 24.3 Å². The molecule has 3 rings (SSSR count). The van der Waals surface area contributed by atoms with Crippen LogP contribution in [-0.4, -0.2) is 49.4 Å². The van der Waals surface area contributed by atoms with Gasteiger partial charge in [-0.3, -0.25) is 10.1 Å². The third kappa shape index (κ3) is 9.68. The van der Waals surface area contributed by atoms with Gasteiger partial charge in [0.05, 0.1) is 4.90 Å². The summed E-state index contributed by atoms with van der Waals surface area (Å²) in [5, 5.41) is 11.8. The van der Waals surface area contributed by atoms with Gasteiger partial charge in [0.25, 0.3) is 15.9 Å². The summed E-state index contributed by atoms with van der Waals surface area (Å²) in [4.78, 5) is 24.8. The number of carbonyl (C=O) groups is 2. The Bertz CT molecular complexity index is 1380. The molecule has 216 valence electrons. The Hall–Kier alpha value is -3.35. The topological polar surface area (TPSA) is 137 Å². The first-order chi connectivity index (χ1) is 19.0. The second kappa shape index (κ2) is 14.3. The van der Waals surface area contributed by atoms with Gasteiger partial charge in [-0.15, -0.1) is 10.2 Å². The van der Waals surface area contributed by atoms with Gasteiger partial charge in [-0.25, -0.2) is 17.9 Å². The van der Waals surface area contributed by atoms with Crippen LogP contribution in [-0.2, 0) is 25.9 Å². The van der Waals surface area contributed by atoms with E-state index in [2.05, 4.69) is 22.4 Å². The van der Waals surface area contributed by atoms with E-state index in [0.29, 0.717) is 21.3 Å². The monoisotopic (exact) mass is 588 g/mol. The first kappa shape index (κ1) is 31.2. The molecule has 2 N–H and O–H groups in total. The van der Waals surface area contributed by atoms with Crippen molar-refractivity contribution in [3.8, 4) is 10.6 Å². The normalized spacial score (nSPS) is 11.7. The molecular weight excluding hydrogens is 552 g/mol. The van der Waals surface area contributed by atoms with Crippen LogP contribution in [0.2, 0.25) is 0 Å². The number of nitrogens with zero attached hydrogens (tertiary/aromatic N) is 2. The Kier molecular flexibility index (Phi) is 11.2. The predicted molar refractivity (Wildman–Crippen MR) is 155 cm³/mol. The summed E-state index contributed by atoms with van der Waals surface area (Å²) in [6.07, 6.45) is 3.73. The zero-order chi connectivity index (χ0) is 29.2. The van der Waals surface area contributed by atoms with E-state index in [0.717, 1.165) is 50.9 Å². The average Bonchev–Trinajstić information content (AvgIpc) is 3.35. The van der Waals surface area contributed by atoms with Crippen molar-refractivity contribution in [1.82, 2.24) is 14.9 Å². The average molecular weight is 589 g/mol. The Morgan fingerprint density at radius 3 is 2.35 bits per heavy atom. The summed E-state index contributed by atoms with van der Waals surface area (Å²) < 4.78 is 37.5. The first-order valence-corrected chi connectivity index (χ1v) is 15.4. The molecule has 1 aromatic heterocycles. The zero-order valence-electron chi connectivity index (χ0n) is 23.2. The number of amides is 2. The molecule has 0 saturated heterocycles. The number of benzene rings is 2. The van der Waals surface area contributed by atoms with Gasteiger partial charge >= 0.3 is 6.09 Å². The number of hydrogen-bond acceptors (Lipinski definition) is 9. The number of aromatic nitrogens is 2. The molecule has 1 heterocycles. The second-order valence-corrected chi connectivity index (χ2v) is 12.7. The number of rotatable bonds is 13. The van der Waals surface area contributed by atoms with Crippen LogP contribution in [0.1, 0.15) is 69.3 Å². The minimum atomic E-state index is -4.11. The summed E-state index contributed by atoms with van der Waals surface area (Å²) in [5.41, 5.74) is 1.31. The fraction of sp³-hybridized carbons (Fsp3) is 0.429. The van der Waals surface area contributed by atoms with Crippen LogP contribution < -0.4 is 10.0 Å². The number of aryl methyl sites for hydroxylation is 1. The SMILES string of the molecule is CCCCOCCCCc1ccccc1C(=O)Nc1nnc(-c2ccc(S(=O)(=O)NC(=O)OC(C)(C)C)cc2)s1. The molecule has 0 fully saturated rings. The largest absolute Gasteiger partial charge is 0.443 e. The van der Waals surface area contributed by atoms with Crippen molar-refractivity contribution in [2.75, 3.05) is 18.5 Å². The van der Waals surface area contributed by atoms with Crippen LogP contribution in [0.25, 0.3) is 10.6 Å². The van der Waals surface area contributed by atoms with Crippen molar-refractivity contribution < 1.29 is 27.5 Å². The molecule has 0 aliphatic heterocycles. The van der Waals surface area contributed by atoms with Crippen LogP contribution in [0.3, 0.4) is 0 Å². The van der Waals surface area contributed by atoms with Crippen LogP contribution in [0.15, 0.2) is 53.4 Å². The lowest BCUT2D eigenvalue weighted by atomic mass is 10.0. The van der Waals surface area contributed by atoms with Crippen molar-refractivity contribution in [1.29, 1.82) is 0 Å². The summed E-state index contributed by atoms with van der Waals surface area (Å²) in [5.74, 6) is -0.271. The molecule has 10 nitrogen and oxygen atoms in total. The fourth-order valence-electron chi connectivity index (χ4n) is 3.63. The molecule has 2 aromatic carbocycles. The van der Waals surface area contributed by atoms with Crippen molar-refractivity contribution in [3.63, 3.8) is 0 Å². The van der Waals surface area contributed by atoms with Gasteiger partial charge in [0.15, 0.2) is 0 Å². The number of unbranched alkanes of at least 4 members (excludes halogenated alkanes) is 2. The molecule has 0 radical (unpaired) electrons. The highest BCUT2D eigenvalue weighted by molar-refractivity contribution is 7.90. The van der Waals surface area contributed by atoms with Crippen molar-refractivity contribution in [2.24, 2.45) is 0 Å². The second-order valence-electron chi connectivity index (χ2n) is 10.1. The maximum atomic E-state index is 13.0. The highest BCUT2D eigenvalue weighted by atomic mass is 32.2. The van der Waals surface area contributed by atoms with E-state index in [1.807, 2.05) is 22.9 Å². The number of ether oxygens (including phenoxy) is 2. The van der Waals surface area contributed by atoms with Gasteiger partial charge in [-0.2, -0.15) is 0 Å². The van der Waals surface area contributed by atoms with E-state index in [1.54, 1.807) is 39.0 Å². The maximum absolute atomic E-state index is 13.0. The van der Waals surface area contributed by atoms with E-state index in [-0.39, 0.29) is 10.8 Å². The molecule has 0 saturated carbocycles. The molecule has 0 aliphatic carbocycles. The highest BCUT2D eigenvalue weighted by Gasteiger charge is 2.23. The molecule has 0 aliphatic rings. The molecule has 40 heavy (non-hydrogen) atoms. The molecule has 0 spiro atoms. The molecule has 0 bridgehead atoms. The van der Waals surface area contributed by atoms with Crippen LogP contribution >= 0.6 is 11.3 Å². The standard InChI is InChI=1S/C28H36N4O6S2/c1-5-6-18-37-19-10-9-12-20-11-7-8-13-23(20)24(33)29-26-31-30-25(39-26)21-14-16-22(17-15-21)40(35,36)32-27(34)38-28(2,3)4/h7-8,11,13-17H,5-6,9-10,12,18-19H2,1-4H3,(H,32,34)(H,29,31,33). The van der Waals surface area contributed by atoms with E-state index in [4.69, 9.17) is 9.47 Å². The van der Waals surface area contributed by atoms with E-state index in [9.17, 15) is 18.0 Å². The van der Waals surface area contributed by atoms with Crippen molar-refractivity contribution >= 4 is 38.5 Å². The van der Waals surface area contributed by atoms with Gasteiger partial charge in [0.1, 0.15) is 10.6 Å². The zero-order valence-corrected chi connectivity index (χ0v) is 24.9. The van der Waals surface area contributed by atoms with Crippen LogP contribution in [0.4, 0.5) is 9.93 Å². The summed E-state index contributed by atoms with van der Waals surface area (Å²) in [6.45, 7) is 8.55. The van der Waals surface area contributed by atoms with Crippen molar-refractivity contribution in [3.05, 3.63) is 59.7 Å². The van der Waals surface area contributed by atoms with E-state index < -0.39 is 21.7 Å². The summed E-state index contributed by atoms with van der Waals surface area (Å²) in [6, 6.07) is 13.3. The predicted octanol–water partition coefficient (Wildman–Crippen LogP) is 5.81. The smallest absolute Gasteiger partial charge is 0.421 e. The Balaban J connectivity index is 1.59. The lowest BCUT2D eigenvalue weighted by Crippen LogP contribution is -2.36. The quantitative estimate of drug-likeness (QED) is 0.239. The van der Waals surface area contributed by atoms with Gasteiger partial charge in [0.2, 0.25) is 5.13 Å². The molecule has 3 aromatic rings. The van der Waals surface area contributed by atoms with Gasteiger partial charge < -0.3 is 9.47 Å². The minimum Gasteiger partial charge on any atom is -0.443 e. The highest BCUT2D eigenvalue weighted by Crippen LogP contribution is 2.28. The molecule has 12 heteroatoms.